The molecule has 11 nitrogen and oxygen atoms in total. The van der Waals surface area contributed by atoms with Crippen molar-refractivity contribution in [3.8, 4) is 0 Å². The smallest absolute Gasteiger partial charge is 0.274 e. The second kappa shape index (κ2) is 8.30. The molecule has 2 aromatic rings. The highest BCUT2D eigenvalue weighted by molar-refractivity contribution is 9.10. The van der Waals surface area contributed by atoms with Crippen LogP contribution >= 0.6 is 15.9 Å². The number of aromatic nitrogens is 2. The predicted molar refractivity (Wildman–Crippen MR) is 89.1 cm³/mol. The summed E-state index contributed by atoms with van der Waals surface area (Å²) in [6.07, 6.45) is 0. The minimum absolute atomic E-state index is 0.0435. The van der Waals surface area contributed by atoms with E-state index in [0.717, 1.165) is 6.07 Å². The second-order valence-corrected chi connectivity index (χ2v) is 6.45. The maximum Gasteiger partial charge on any atom is 0.274 e. The molecule has 0 atom stereocenters. The number of nitrogens with one attached hydrogen (secondary N) is 3. The van der Waals surface area contributed by atoms with Crippen molar-refractivity contribution in [3.63, 3.8) is 0 Å². The maximum absolute atomic E-state index is 13.5. The summed E-state index contributed by atoms with van der Waals surface area (Å²) in [6, 6.07) is 1.82. The van der Waals surface area contributed by atoms with Gasteiger partial charge in [-0.3, -0.25) is 10.7 Å². The maximum atomic E-state index is 13.5. The van der Waals surface area contributed by atoms with E-state index in [4.69, 9.17) is 9.25 Å². The molecular formula is C11H13BrFN7O4S. The van der Waals surface area contributed by atoms with Crippen LogP contribution in [0.4, 0.5) is 15.9 Å². The van der Waals surface area contributed by atoms with E-state index in [1.165, 1.54) is 6.07 Å². The number of anilines is 1. The lowest BCUT2D eigenvalue weighted by Gasteiger charge is -2.06. The van der Waals surface area contributed by atoms with Crippen molar-refractivity contribution < 1.29 is 26.8 Å². The summed E-state index contributed by atoms with van der Waals surface area (Å²) in [5, 5.41) is 23.2. The average molecular weight is 441 g/mol. The van der Waals surface area contributed by atoms with Gasteiger partial charge in [0.1, 0.15) is 5.82 Å². The fraction of sp³-hybridized carbons (Fsp3) is 0.182. The zero-order chi connectivity index (χ0) is 21.1. The predicted octanol–water partition coefficient (Wildman–Crippen LogP) is 0.233. The Hall–Kier alpha value is -2.13. The van der Waals surface area contributed by atoms with Gasteiger partial charge in [0.25, 0.3) is 10.2 Å². The molecule has 0 aliphatic heterocycles. The SMILES string of the molecule is [2H]c1cc(N=C(NO)c2nonc2NC([2H])([2H])CNS(N)(=O)=O)cc(Br)c1F. The molecule has 0 aliphatic carbocycles. The number of amidine groups is 1. The van der Waals surface area contributed by atoms with Gasteiger partial charge in [0.15, 0.2) is 11.5 Å². The van der Waals surface area contributed by atoms with Gasteiger partial charge < -0.3 is 5.32 Å². The molecule has 14 heteroatoms. The molecule has 1 aromatic heterocycles. The topological polar surface area (TPSA) is 168 Å². The lowest BCUT2D eigenvalue weighted by Crippen LogP contribution is -2.34. The summed E-state index contributed by atoms with van der Waals surface area (Å²) in [4.78, 5) is 3.94. The first-order chi connectivity index (χ1) is 12.9. The van der Waals surface area contributed by atoms with Crippen molar-refractivity contribution in [2.24, 2.45) is 10.1 Å². The molecule has 0 saturated carbocycles. The van der Waals surface area contributed by atoms with Crippen LogP contribution in [0.3, 0.4) is 0 Å². The van der Waals surface area contributed by atoms with Gasteiger partial charge in [-0.1, -0.05) is 0 Å². The van der Waals surface area contributed by atoms with Gasteiger partial charge in [-0.15, -0.1) is 0 Å². The van der Waals surface area contributed by atoms with E-state index in [1.807, 2.05) is 0 Å². The molecule has 136 valence electrons. The van der Waals surface area contributed by atoms with Gasteiger partial charge >= 0.3 is 0 Å². The fourth-order valence-electron chi connectivity index (χ4n) is 1.46. The lowest BCUT2D eigenvalue weighted by molar-refractivity contribution is 0.234. The quantitative estimate of drug-likeness (QED) is 0.231. The summed E-state index contributed by atoms with van der Waals surface area (Å²) in [6.45, 7) is -3.14. The Kier molecular flexibility index (Phi) is 5.03. The zero-order valence-corrected chi connectivity index (χ0v) is 14.5. The Bertz CT molecular complexity index is 981. The molecule has 0 aliphatic rings. The van der Waals surface area contributed by atoms with Gasteiger partial charge in [-0.25, -0.2) is 23.9 Å². The van der Waals surface area contributed by atoms with Crippen LogP contribution in [0.15, 0.2) is 32.3 Å². The van der Waals surface area contributed by atoms with Crippen molar-refractivity contribution in [1.29, 1.82) is 0 Å². The molecule has 0 unspecified atom stereocenters. The van der Waals surface area contributed by atoms with Gasteiger partial charge in [0.05, 0.1) is 14.3 Å². The van der Waals surface area contributed by atoms with E-state index in [9.17, 15) is 18.0 Å². The van der Waals surface area contributed by atoms with Gasteiger partial charge in [0, 0.05) is 13.0 Å². The molecular weight excluding hydrogens is 425 g/mol. The molecule has 6 N–H and O–H groups in total. The Morgan fingerprint density at radius 3 is 3.00 bits per heavy atom. The average Bonchev–Trinajstić information content (AvgIpc) is 3.02. The number of halogens is 2. The first-order valence-electron chi connectivity index (χ1n) is 7.75. The highest BCUT2D eigenvalue weighted by Gasteiger charge is 2.16. The number of aliphatic imine (C=N–C) groups is 1. The number of rotatable bonds is 7. The van der Waals surface area contributed by atoms with Gasteiger partial charge in [-0.2, -0.15) is 8.42 Å². The van der Waals surface area contributed by atoms with E-state index < -0.39 is 35.1 Å². The van der Waals surface area contributed by atoms with Crippen LogP contribution in [0, 0.1) is 5.82 Å². The van der Waals surface area contributed by atoms with Crippen molar-refractivity contribution in [2.45, 2.75) is 0 Å². The minimum Gasteiger partial charge on any atom is -0.364 e. The van der Waals surface area contributed by atoms with Crippen LogP contribution in [0.25, 0.3) is 0 Å². The minimum atomic E-state index is -4.14. The number of nitrogens with zero attached hydrogens (tertiary/aromatic N) is 3. The Balaban J connectivity index is 2.31. The Morgan fingerprint density at radius 2 is 2.36 bits per heavy atom. The summed E-state index contributed by atoms with van der Waals surface area (Å²) >= 11 is 2.92. The number of hydrogen-bond donors (Lipinski definition) is 5. The summed E-state index contributed by atoms with van der Waals surface area (Å²) < 4.78 is 64.5. The third-order valence-corrected chi connectivity index (χ3v) is 3.58. The van der Waals surface area contributed by atoms with Crippen LogP contribution in [0.1, 0.15) is 9.81 Å². The van der Waals surface area contributed by atoms with Crippen LogP contribution in [0.5, 0.6) is 0 Å². The molecule has 0 fully saturated rings. The number of nitrogens with two attached hydrogens (primary N) is 1. The molecule has 0 spiro atoms. The highest BCUT2D eigenvalue weighted by atomic mass is 79.9. The van der Waals surface area contributed by atoms with Gasteiger partial charge in [-0.05, 0) is 44.4 Å². The second-order valence-electron chi connectivity index (χ2n) is 4.22. The molecule has 0 saturated heterocycles. The van der Waals surface area contributed by atoms with Crippen LogP contribution in [-0.2, 0) is 10.2 Å². The molecule has 1 aromatic carbocycles. The first-order valence-corrected chi connectivity index (χ1v) is 8.59. The van der Waals surface area contributed by atoms with E-state index in [1.54, 1.807) is 10.2 Å². The molecule has 2 rings (SSSR count). The van der Waals surface area contributed by atoms with Crippen molar-refractivity contribution in [1.82, 2.24) is 20.5 Å². The van der Waals surface area contributed by atoms with Gasteiger partial charge in [0.2, 0.25) is 5.82 Å². The van der Waals surface area contributed by atoms with Crippen LogP contribution in [-0.4, -0.2) is 42.8 Å². The van der Waals surface area contributed by atoms with E-state index >= 15 is 0 Å². The molecule has 0 amide bonds. The van der Waals surface area contributed by atoms with E-state index in [2.05, 4.69) is 41.2 Å². The molecule has 25 heavy (non-hydrogen) atoms. The van der Waals surface area contributed by atoms with Crippen molar-refractivity contribution in [3.05, 3.63) is 34.2 Å². The Labute approximate surface area is 153 Å². The highest BCUT2D eigenvalue weighted by Crippen LogP contribution is 2.23. The largest absolute Gasteiger partial charge is 0.364 e. The first kappa shape index (κ1) is 15.2. The van der Waals surface area contributed by atoms with E-state index in [0.29, 0.717) is 0 Å². The van der Waals surface area contributed by atoms with Crippen molar-refractivity contribution in [2.75, 3.05) is 18.4 Å². The summed E-state index contributed by atoms with van der Waals surface area (Å²) in [5.41, 5.74) is 1.47. The zero-order valence-electron chi connectivity index (χ0n) is 15.1. The van der Waals surface area contributed by atoms with Crippen LogP contribution < -0.4 is 20.7 Å². The van der Waals surface area contributed by atoms with Crippen molar-refractivity contribution >= 4 is 43.5 Å². The third kappa shape index (κ3) is 5.71. The standard InChI is InChI=1S/C11H13BrFN7O4S/c12-7-5-6(1-2-8(7)13)17-11(18-21)9-10(20-24-19-9)15-3-4-16-25(14,22)23/h1-2,5,16,21H,3-4H2,(H,15,20)(H,17,18)(H2,14,22,23)/i2D,3D2. The monoisotopic (exact) mass is 440 g/mol. The lowest BCUT2D eigenvalue weighted by atomic mass is 10.3. The molecule has 1 heterocycles. The molecule has 0 bridgehead atoms. The van der Waals surface area contributed by atoms with E-state index in [-0.39, 0.29) is 27.5 Å². The third-order valence-electron chi connectivity index (χ3n) is 2.46. The number of benzene rings is 1. The Morgan fingerprint density at radius 1 is 1.60 bits per heavy atom. The number of hydroxylamine groups is 1. The molecule has 0 radical (unpaired) electrons. The summed E-state index contributed by atoms with van der Waals surface area (Å²) in [7, 11) is -4.14. The van der Waals surface area contributed by atoms with Crippen LogP contribution in [0.2, 0.25) is 0 Å². The fourth-order valence-corrected chi connectivity index (χ4v) is 2.08. The normalized spacial score (nSPS) is 14.6. The summed E-state index contributed by atoms with van der Waals surface area (Å²) in [5.74, 6) is -1.52. The number of hydrogen-bond acceptors (Lipinski definition) is 8.